The molecular formula is C25H34N4O4. The van der Waals surface area contributed by atoms with E-state index >= 15 is 0 Å². The lowest BCUT2D eigenvalue weighted by atomic mass is 10.00. The van der Waals surface area contributed by atoms with E-state index in [2.05, 4.69) is 5.32 Å². The number of primary amides is 1. The zero-order valence-electron chi connectivity index (χ0n) is 19.5. The lowest BCUT2D eigenvalue weighted by molar-refractivity contribution is -0.128. The Kier molecular flexibility index (Phi) is 8.99. The van der Waals surface area contributed by atoms with Crippen LogP contribution in [0.3, 0.4) is 0 Å². The summed E-state index contributed by atoms with van der Waals surface area (Å²) in [6.45, 7) is 5.67. The maximum atomic E-state index is 12.5. The number of carbonyl (C=O) groups is 3. The first-order valence-electron chi connectivity index (χ1n) is 11.0. The zero-order valence-corrected chi connectivity index (χ0v) is 19.5. The van der Waals surface area contributed by atoms with E-state index in [-0.39, 0.29) is 19.4 Å². The standard InChI is InChI=1S/C25H34N4O4/c1-25(2,3)29(24(32)33)15-7-10-20(26)23(31)28-21(22(27)30)16-17-11-13-19(14-12-17)18-8-5-4-6-9-18/h4-6,8-9,11-14,20-21H,7,10,15-16,26H2,1-3H3,(H2,27,30)(H,28,31)(H,32,33). The van der Waals surface area contributed by atoms with Gasteiger partial charge in [0.1, 0.15) is 6.04 Å². The number of carbonyl (C=O) groups excluding carboxylic acids is 2. The van der Waals surface area contributed by atoms with Crippen LogP contribution in [0.1, 0.15) is 39.2 Å². The van der Waals surface area contributed by atoms with Gasteiger partial charge in [-0.25, -0.2) is 4.79 Å². The van der Waals surface area contributed by atoms with Crippen LogP contribution in [0, 0.1) is 0 Å². The molecule has 2 aromatic rings. The van der Waals surface area contributed by atoms with Gasteiger partial charge in [0.15, 0.2) is 0 Å². The van der Waals surface area contributed by atoms with Crippen molar-refractivity contribution in [1.29, 1.82) is 0 Å². The van der Waals surface area contributed by atoms with E-state index in [1.807, 2.05) is 54.6 Å². The highest BCUT2D eigenvalue weighted by Crippen LogP contribution is 2.20. The quantitative estimate of drug-likeness (QED) is 0.437. The molecule has 0 aliphatic heterocycles. The van der Waals surface area contributed by atoms with Crippen molar-refractivity contribution in [2.24, 2.45) is 11.5 Å². The fourth-order valence-electron chi connectivity index (χ4n) is 3.52. The van der Waals surface area contributed by atoms with Gasteiger partial charge in [0.05, 0.1) is 6.04 Å². The predicted octanol–water partition coefficient (Wildman–Crippen LogP) is 2.75. The largest absolute Gasteiger partial charge is 0.465 e. The molecule has 2 unspecified atom stereocenters. The molecule has 33 heavy (non-hydrogen) atoms. The molecule has 0 aliphatic carbocycles. The van der Waals surface area contributed by atoms with Crippen molar-refractivity contribution in [2.75, 3.05) is 6.54 Å². The normalized spacial score (nSPS) is 13.1. The summed E-state index contributed by atoms with van der Waals surface area (Å²) in [5.41, 5.74) is 13.9. The van der Waals surface area contributed by atoms with E-state index in [9.17, 15) is 19.5 Å². The molecule has 0 fully saturated rings. The van der Waals surface area contributed by atoms with E-state index in [0.717, 1.165) is 16.7 Å². The fourth-order valence-corrected chi connectivity index (χ4v) is 3.52. The van der Waals surface area contributed by atoms with Crippen molar-refractivity contribution in [2.45, 2.75) is 57.7 Å². The number of nitrogens with one attached hydrogen (secondary N) is 1. The van der Waals surface area contributed by atoms with Crippen LogP contribution in [-0.4, -0.2) is 52.1 Å². The third-order valence-electron chi connectivity index (χ3n) is 5.44. The van der Waals surface area contributed by atoms with Crippen LogP contribution < -0.4 is 16.8 Å². The monoisotopic (exact) mass is 454 g/mol. The predicted molar refractivity (Wildman–Crippen MR) is 128 cm³/mol. The average molecular weight is 455 g/mol. The van der Waals surface area contributed by atoms with E-state index in [0.29, 0.717) is 6.42 Å². The number of hydrogen-bond acceptors (Lipinski definition) is 4. The molecule has 0 radical (unpaired) electrons. The molecule has 3 amide bonds. The zero-order chi connectivity index (χ0) is 24.6. The van der Waals surface area contributed by atoms with Gasteiger partial charge in [-0.2, -0.15) is 0 Å². The van der Waals surface area contributed by atoms with Gasteiger partial charge >= 0.3 is 6.09 Å². The summed E-state index contributed by atoms with van der Waals surface area (Å²) in [5.74, 6) is -1.13. The third-order valence-corrected chi connectivity index (χ3v) is 5.44. The van der Waals surface area contributed by atoms with Gasteiger partial charge in [0.2, 0.25) is 11.8 Å². The Morgan fingerprint density at radius 2 is 1.58 bits per heavy atom. The van der Waals surface area contributed by atoms with Gasteiger partial charge in [-0.15, -0.1) is 0 Å². The summed E-state index contributed by atoms with van der Waals surface area (Å²) >= 11 is 0. The summed E-state index contributed by atoms with van der Waals surface area (Å²) in [6, 6.07) is 15.9. The molecule has 178 valence electrons. The molecule has 8 heteroatoms. The number of rotatable bonds is 10. The van der Waals surface area contributed by atoms with Gasteiger partial charge < -0.3 is 26.8 Å². The van der Waals surface area contributed by atoms with Crippen LogP contribution in [0.25, 0.3) is 11.1 Å². The van der Waals surface area contributed by atoms with E-state index in [4.69, 9.17) is 11.5 Å². The molecule has 6 N–H and O–H groups in total. The van der Waals surface area contributed by atoms with Crippen molar-refractivity contribution in [1.82, 2.24) is 10.2 Å². The molecule has 0 heterocycles. The molecule has 0 saturated heterocycles. The van der Waals surface area contributed by atoms with E-state index in [1.54, 1.807) is 20.8 Å². The summed E-state index contributed by atoms with van der Waals surface area (Å²) in [5, 5.41) is 12.0. The first kappa shape index (κ1) is 25.9. The number of hydrogen-bond donors (Lipinski definition) is 4. The average Bonchev–Trinajstić information content (AvgIpc) is 2.75. The van der Waals surface area contributed by atoms with Crippen LogP contribution in [0.4, 0.5) is 4.79 Å². The first-order chi connectivity index (χ1) is 15.5. The minimum Gasteiger partial charge on any atom is -0.465 e. The lowest BCUT2D eigenvalue weighted by Crippen LogP contribution is -2.51. The highest BCUT2D eigenvalue weighted by molar-refractivity contribution is 5.89. The summed E-state index contributed by atoms with van der Waals surface area (Å²) < 4.78 is 0. The Morgan fingerprint density at radius 3 is 2.09 bits per heavy atom. The number of amides is 3. The molecule has 0 saturated carbocycles. The van der Waals surface area contributed by atoms with Gasteiger partial charge in [-0.05, 0) is 50.3 Å². The Bertz CT molecular complexity index is 939. The molecule has 0 spiro atoms. The summed E-state index contributed by atoms with van der Waals surface area (Å²) in [6.07, 6.45) is -0.0734. The molecule has 2 aromatic carbocycles. The van der Waals surface area contributed by atoms with Crippen LogP contribution in [0.5, 0.6) is 0 Å². The molecule has 8 nitrogen and oxygen atoms in total. The Hall–Kier alpha value is -3.39. The Morgan fingerprint density at radius 1 is 1.00 bits per heavy atom. The van der Waals surface area contributed by atoms with Crippen molar-refractivity contribution < 1.29 is 19.5 Å². The van der Waals surface area contributed by atoms with Crippen molar-refractivity contribution >= 4 is 17.9 Å². The number of nitrogens with two attached hydrogens (primary N) is 2. The van der Waals surface area contributed by atoms with Gasteiger partial charge in [-0.1, -0.05) is 54.6 Å². The minimum absolute atomic E-state index is 0.250. The fraction of sp³-hybridized carbons (Fsp3) is 0.400. The smallest absolute Gasteiger partial charge is 0.407 e. The van der Waals surface area contributed by atoms with Gasteiger partial charge in [0, 0.05) is 18.5 Å². The molecular weight excluding hydrogens is 420 g/mol. The number of carboxylic acid groups (broad SMARTS) is 1. The van der Waals surface area contributed by atoms with Crippen LogP contribution in [0.2, 0.25) is 0 Å². The molecule has 0 aromatic heterocycles. The highest BCUT2D eigenvalue weighted by Gasteiger charge is 2.27. The summed E-state index contributed by atoms with van der Waals surface area (Å²) in [4.78, 5) is 37.2. The van der Waals surface area contributed by atoms with Crippen LogP contribution >= 0.6 is 0 Å². The second kappa shape index (κ2) is 11.5. The highest BCUT2D eigenvalue weighted by atomic mass is 16.4. The maximum absolute atomic E-state index is 12.5. The van der Waals surface area contributed by atoms with Crippen molar-refractivity contribution in [3.05, 3.63) is 60.2 Å². The minimum atomic E-state index is -1.02. The molecule has 0 aliphatic rings. The van der Waals surface area contributed by atoms with Crippen LogP contribution in [0.15, 0.2) is 54.6 Å². The molecule has 2 atom stereocenters. The lowest BCUT2D eigenvalue weighted by Gasteiger charge is -2.33. The summed E-state index contributed by atoms with van der Waals surface area (Å²) in [7, 11) is 0. The van der Waals surface area contributed by atoms with Crippen molar-refractivity contribution in [3.63, 3.8) is 0 Å². The topological polar surface area (TPSA) is 139 Å². The Balaban J connectivity index is 1.92. The van der Waals surface area contributed by atoms with Gasteiger partial charge in [0.25, 0.3) is 0 Å². The third kappa shape index (κ3) is 7.91. The molecule has 2 rings (SSSR count). The van der Waals surface area contributed by atoms with Crippen LogP contribution in [-0.2, 0) is 16.0 Å². The first-order valence-corrected chi connectivity index (χ1v) is 11.0. The second-order valence-corrected chi connectivity index (χ2v) is 9.08. The van der Waals surface area contributed by atoms with Crippen molar-refractivity contribution in [3.8, 4) is 11.1 Å². The van der Waals surface area contributed by atoms with E-state index < -0.39 is 35.5 Å². The Labute approximate surface area is 195 Å². The SMILES string of the molecule is CC(C)(C)N(CCCC(N)C(=O)NC(Cc1ccc(-c2ccccc2)cc1)C(N)=O)C(=O)O. The molecule has 0 bridgehead atoms. The second-order valence-electron chi connectivity index (χ2n) is 9.08. The van der Waals surface area contributed by atoms with Gasteiger partial charge in [-0.3, -0.25) is 9.59 Å². The number of benzene rings is 2. The maximum Gasteiger partial charge on any atom is 0.407 e. The van der Waals surface area contributed by atoms with E-state index in [1.165, 1.54) is 4.90 Å². The number of nitrogens with zero attached hydrogens (tertiary/aromatic N) is 1.